The molecule has 2 aliphatic carbocycles. The van der Waals surface area contributed by atoms with Crippen molar-refractivity contribution in [3.63, 3.8) is 0 Å². The van der Waals surface area contributed by atoms with Crippen molar-refractivity contribution in [2.24, 2.45) is 11.8 Å². The molecule has 0 unspecified atom stereocenters. The first kappa shape index (κ1) is 32.3. The van der Waals surface area contributed by atoms with Crippen LogP contribution < -0.4 is 14.4 Å². The van der Waals surface area contributed by atoms with Gasteiger partial charge in [-0.25, -0.2) is 17.9 Å². The number of nitrogens with zero attached hydrogens (tertiary/aromatic N) is 3. The van der Waals surface area contributed by atoms with Crippen molar-refractivity contribution in [1.29, 1.82) is 0 Å². The van der Waals surface area contributed by atoms with Crippen molar-refractivity contribution in [2.45, 2.75) is 67.4 Å². The molecular formula is C35H43ClN4O6S. The van der Waals surface area contributed by atoms with Gasteiger partial charge in [-0.15, -0.1) is 0 Å². The molecule has 47 heavy (non-hydrogen) atoms. The summed E-state index contributed by atoms with van der Waals surface area (Å²) in [6.07, 6.45) is 9.21. The lowest BCUT2D eigenvalue weighted by Crippen LogP contribution is -2.50. The Hall–Kier alpha value is -3.28. The number of amides is 2. The second kappa shape index (κ2) is 12.6. The number of anilines is 1. The Balaban J connectivity index is 1.31. The molecular weight excluding hydrogens is 640 g/mol. The molecule has 2 aromatic rings. The number of ether oxygens (including phenoxy) is 2. The van der Waals surface area contributed by atoms with Crippen LogP contribution >= 0.6 is 11.6 Å². The third-order valence-corrected chi connectivity index (χ3v) is 12.4. The molecule has 252 valence electrons. The molecule has 1 saturated heterocycles. The molecule has 5 atom stereocenters. The number of halogens is 1. The first-order chi connectivity index (χ1) is 22.5. The molecule has 1 N–H and O–H groups in total. The van der Waals surface area contributed by atoms with Crippen LogP contribution in [-0.2, 0) is 31.4 Å². The highest BCUT2D eigenvalue weighted by molar-refractivity contribution is 7.90. The summed E-state index contributed by atoms with van der Waals surface area (Å²) < 4.78 is 42.4. The van der Waals surface area contributed by atoms with Gasteiger partial charge in [0.25, 0.3) is 15.9 Å². The molecule has 0 radical (unpaired) electrons. The Morgan fingerprint density at radius 1 is 1.13 bits per heavy atom. The van der Waals surface area contributed by atoms with E-state index < -0.39 is 34.2 Å². The quantitative estimate of drug-likeness (QED) is 0.430. The molecule has 2 amide bonds. The Labute approximate surface area is 282 Å². The summed E-state index contributed by atoms with van der Waals surface area (Å²) >= 11 is 6.42. The summed E-state index contributed by atoms with van der Waals surface area (Å²) in [5.41, 5.74) is 2.81. The van der Waals surface area contributed by atoms with E-state index in [1.54, 1.807) is 26.2 Å². The molecule has 7 rings (SSSR count). The first-order valence-corrected chi connectivity index (χ1v) is 18.6. The van der Waals surface area contributed by atoms with Gasteiger partial charge in [0.05, 0.1) is 23.2 Å². The molecule has 10 nitrogen and oxygen atoms in total. The van der Waals surface area contributed by atoms with E-state index in [0.717, 1.165) is 38.5 Å². The molecule has 5 aliphatic rings. The van der Waals surface area contributed by atoms with Crippen molar-refractivity contribution < 1.29 is 27.5 Å². The van der Waals surface area contributed by atoms with Gasteiger partial charge in [0.15, 0.2) is 0 Å². The first-order valence-electron chi connectivity index (χ1n) is 16.7. The van der Waals surface area contributed by atoms with Crippen LogP contribution in [0.3, 0.4) is 0 Å². The summed E-state index contributed by atoms with van der Waals surface area (Å²) in [5.74, 6) is 0.372. The molecule has 2 aromatic carbocycles. The SMILES string of the molecule is CN(C)C(=O)O[C@H]1/C=C/CN2CCC[C@H]2C(=O)NS(=O)(=O)c2ccc3c(c2)N(C[C@@H]2CC[C@H]21)C[C@@]1(CCCc2cc(Cl)ccc21)CO3. The number of aryl methyl sites for hydroxylation is 1. The van der Waals surface area contributed by atoms with E-state index in [4.69, 9.17) is 21.1 Å². The highest BCUT2D eigenvalue weighted by Gasteiger charge is 2.45. The molecule has 2 fully saturated rings. The van der Waals surface area contributed by atoms with Gasteiger partial charge in [-0.2, -0.15) is 0 Å². The van der Waals surface area contributed by atoms with Crippen LogP contribution in [0.1, 0.15) is 49.7 Å². The van der Waals surface area contributed by atoms with E-state index in [1.807, 2.05) is 23.1 Å². The average molecular weight is 683 g/mol. The predicted molar refractivity (Wildman–Crippen MR) is 179 cm³/mol. The van der Waals surface area contributed by atoms with Crippen molar-refractivity contribution in [3.8, 4) is 5.75 Å². The second-order valence-corrected chi connectivity index (χ2v) is 16.1. The van der Waals surface area contributed by atoms with Crippen LogP contribution in [-0.4, -0.2) is 89.2 Å². The van der Waals surface area contributed by atoms with Gasteiger partial charge in [-0.3, -0.25) is 9.69 Å². The fourth-order valence-electron chi connectivity index (χ4n) is 8.22. The fraction of sp³-hybridized carbons (Fsp3) is 0.543. The molecule has 12 heteroatoms. The third kappa shape index (κ3) is 6.22. The Kier molecular flexibility index (Phi) is 8.68. The number of nitrogens with one attached hydrogen (secondary N) is 1. The summed E-state index contributed by atoms with van der Waals surface area (Å²) in [7, 11) is -0.777. The highest BCUT2D eigenvalue weighted by Crippen LogP contribution is 2.47. The van der Waals surface area contributed by atoms with E-state index >= 15 is 0 Å². The number of carbonyl (C=O) groups is 2. The molecule has 0 aromatic heterocycles. The van der Waals surface area contributed by atoms with Crippen LogP contribution in [0.2, 0.25) is 5.02 Å². The van der Waals surface area contributed by atoms with E-state index in [2.05, 4.69) is 21.8 Å². The van der Waals surface area contributed by atoms with E-state index in [0.29, 0.717) is 55.7 Å². The zero-order chi connectivity index (χ0) is 32.9. The maximum Gasteiger partial charge on any atom is 0.409 e. The van der Waals surface area contributed by atoms with Gasteiger partial charge in [-0.1, -0.05) is 23.7 Å². The minimum atomic E-state index is -4.14. The van der Waals surface area contributed by atoms with Gasteiger partial charge >= 0.3 is 6.09 Å². The number of benzene rings is 2. The van der Waals surface area contributed by atoms with Crippen LogP contribution in [0.5, 0.6) is 5.75 Å². The predicted octanol–water partition coefficient (Wildman–Crippen LogP) is 4.75. The maximum atomic E-state index is 13.7. The zero-order valence-corrected chi connectivity index (χ0v) is 28.6. The largest absolute Gasteiger partial charge is 0.490 e. The summed E-state index contributed by atoms with van der Waals surface area (Å²) in [6.45, 7) is 2.85. The minimum absolute atomic E-state index is 0.0319. The summed E-state index contributed by atoms with van der Waals surface area (Å²) in [4.78, 5) is 32.0. The van der Waals surface area contributed by atoms with Crippen molar-refractivity contribution in [2.75, 3.05) is 51.8 Å². The van der Waals surface area contributed by atoms with Gasteiger partial charge in [0, 0.05) is 50.1 Å². The number of sulfonamides is 1. The van der Waals surface area contributed by atoms with Crippen molar-refractivity contribution in [1.82, 2.24) is 14.5 Å². The lowest BCUT2D eigenvalue weighted by molar-refractivity contribution is -0.123. The van der Waals surface area contributed by atoms with Crippen LogP contribution in [0, 0.1) is 11.8 Å². The average Bonchev–Trinajstić information content (AvgIpc) is 3.43. The third-order valence-electron chi connectivity index (χ3n) is 10.8. The highest BCUT2D eigenvalue weighted by atomic mass is 35.5. The Morgan fingerprint density at radius 3 is 2.77 bits per heavy atom. The molecule has 1 spiro atoms. The van der Waals surface area contributed by atoms with E-state index in [9.17, 15) is 18.0 Å². The van der Waals surface area contributed by atoms with Crippen LogP contribution in [0.25, 0.3) is 0 Å². The van der Waals surface area contributed by atoms with E-state index in [1.165, 1.54) is 22.1 Å². The molecule has 3 aliphatic heterocycles. The fourth-order valence-corrected chi connectivity index (χ4v) is 9.45. The minimum Gasteiger partial charge on any atom is -0.490 e. The number of fused-ring (bicyclic) bond motifs is 5. The second-order valence-electron chi connectivity index (χ2n) is 14.0. The maximum absolute atomic E-state index is 13.7. The molecule has 2 bridgehead atoms. The summed E-state index contributed by atoms with van der Waals surface area (Å²) in [6, 6.07) is 10.5. The smallest absolute Gasteiger partial charge is 0.409 e. The van der Waals surface area contributed by atoms with Crippen molar-refractivity contribution >= 4 is 39.3 Å². The Bertz CT molecular complexity index is 1700. The number of carbonyl (C=O) groups excluding carboxylic acids is 2. The monoisotopic (exact) mass is 682 g/mol. The molecule has 3 heterocycles. The van der Waals surface area contributed by atoms with Gasteiger partial charge in [0.2, 0.25) is 0 Å². The standard InChI is InChI=1S/C35H43ClN4O6S/c1-38(2)34(42)46-31-8-5-17-39-16-4-7-29(39)33(41)37-47(43,44)26-11-14-32-30(19-26)40(20-24-9-12-27(24)31)21-35(22-45-32)15-3-6-23-18-25(36)10-13-28(23)35/h5,8,10-11,13-14,18-19,24,27,29,31H,3-4,6-7,9,12,15-17,20-22H2,1-2H3,(H,37,41)/b8-5+/t24-,27+,29-,31-,35-/m0/s1. The summed E-state index contributed by atoms with van der Waals surface area (Å²) in [5, 5.41) is 0.713. The van der Waals surface area contributed by atoms with E-state index in [-0.39, 0.29) is 22.1 Å². The zero-order valence-electron chi connectivity index (χ0n) is 27.0. The molecule has 1 saturated carbocycles. The normalized spacial score (nSPS) is 30.8. The van der Waals surface area contributed by atoms with Crippen LogP contribution in [0.4, 0.5) is 10.5 Å². The number of rotatable bonds is 1. The number of hydrogen-bond donors (Lipinski definition) is 1. The van der Waals surface area contributed by atoms with Crippen LogP contribution in [0.15, 0.2) is 53.4 Å². The lowest BCUT2D eigenvalue weighted by Gasteiger charge is -2.46. The van der Waals surface area contributed by atoms with Gasteiger partial charge < -0.3 is 19.3 Å². The van der Waals surface area contributed by atoms with Gasteiger partial charge in [0.1, 0.15) is 11.9 Å². The lowest BCUT2D eigenvalue weighted by atomic mass is 9.68. The van der Waals surface area contributed by atoms with Crippen molar-refractivity contribution in [3.05, 3.63) is 64.7 Å². The number of hydrogen-bond acceptors (Lipinski definition) is 8. The topological polar surface area (TPSA) is 108 Å². The Morgan fingerprint density at radius 2 is 1.98 bits per heavy atom. The van der Waals surface area contributed by atoms with Gasteiger partial charge in [-0.05, 0) is 105 Å².